The summed E-state index contributed by atoms with van der Waals surface area (Å²) in [5, 5.41) is 7.57. The van der Waals surface area contributed by atoms with Crippen LogP contribution in [0.3, 0.4) is 0 Å². The molecule has 0 unspecified atom stereocenters. The second-order valence-electron chi connectivity index (χ2n) is 5.78. The number of unbranched alkanes of at least 4 members (excludes halogenated alkanes) is 12. The van der Waals surface area contributed by atoms with E-state index in [1.54, 1.807) is 6.92 Å². The summed E-state index contributed by atoms with van der Waals surface area (Å²) in [4.78, 5) is 10.5. The molecule has 3 heteroatoms. The third kappa shape index (κ3) is 28.3. The molecule has 0 aromatic rings. The first-order chi connectivity index (χ1) is 10.2. The lowest BCUT2D eigenvalue weighted by Crippen LogP contribution is -2.09. The van der Waals surface area contributed by atoms with Crippen molar-refractivity contribution in [2.75, 3.05) is 6.61 Å². The third-order valence-corrected chi connectivity index (χ3v) is 3.53. The number of carbonyl (C=O) groups excluding carboxylic acids is 1. The van der Waals surface area contributed by atoms with E-state index in [0.717, 1.165) is 6.42 Å². The van der Waals surface area contributed by atoms with Gasteiger partial charge in [-0.3, -0.25) is 4.79 Å². The van der Waals surface area contributed by atoms with Crippen LogP contribution < -0.4 is 5.73 Å². The summed E-state index contributed by atoms with van der Waals surface area (Å²) >= 11 is 0. The lowest BCUT2D eigenvalue weighted by Gasteiger charge is -2.02. The smallest absolute Gasteiger partial charge is 0.217 e. The molecule has 0 aromatic heterocycles. The predicted molar refractivity (Wildman–Crippen MR) is 92.3 cm³/mol. The molecule has 128 valence electrons. The van der Waals surface area contributed by atoms with Crippen LogP contribution in [-0.2, 0) is 4.79 Å². The average molecular weight is 302 g/mol. The molecule has 0 aliphatic rings. The Bertz CT molecular complexity index is 196. The Kier molecular flexibility index (Phi) is 23.5. The van der Waals surface area contributed by atoms with Gasteiger partial charge in [-0.15, -0.1) is 0 Å². The summed E-state index contributed by atoms with van der Waals surface area (Å²) in [6, 6.07) is 0. The zero-order valence-corrected chi connectivity index (χ0v) is 14.5. The van der Waals surface area contributed by atoms with Gasteiger partial charge < -0.3 is 10.8 Å². The molecule has 0 aliphatic carbocycles. The predicted octanol–water partition coefficient (Wildman–Crippen LogP) is 4.95. The first-order valence-electron chi connectivity index (χ1n) is 9.08. The normalized spacial score (nSPS) is 10.0. The molecule has 3 N–H and O–H groups in total. The van der Waals surface area contributed by atoms with E-state index >= 15 is 0 Å². The molecule has 0 radical (unpaired) electrons. The van der Waals surface area contributed by atoms with Crippen molar-refractivity contribution in [3.63, 3.8) is 0 Å². The standard InChI is InChI=1S/C16H33NO.C2H6O/c1-2-3-4-5-6-7-8-9-10-11-12-13-14-15-16(17)18;1-2-3/h2-15H2,1H3,(H2,17,18);3H,2H2,1H3. The highest BCUT2D eigenvalue weighted by atomic mass is 16.2. The van der Waals surface area contributed by atoms with Crippen LogP contribution in [0.15, 0.2) is 0 Å². The molecule has 0 aliphatic heterocycles. The first kappa shape index (κ1) is 22.7. The van der Waals surface area contributed by atoms with E-state index in [-0.39, 0.29) is 12.5 Å². The first-order valence-corrected chi connectivity index (χ1v) is 9.08. The summed E-state index contributed by atoms with van der Waals surface area (Å²) in [5.41, 5.74) is 5.09. The number of hydrogen-bond donors (Lipinski definition) is 2. The largest absolute Gasteiger partial charge is 0.397 e. The van der Waals surface area contributed by atoms with E-state index in [0.29, 0.717) is 6.42 Å². The Labute approximate surface area is 132 Å². The zero-order valence-electron chi connectivity index (χ0n) is 14.5. The fourth-order valence-corrected chi connectivity index (χ4v) is 2.32. The molecule has 0 atom stereocenters. The van der Waals surface area contributed by atoms with Gasteiger partial charge in [-0.25, -0.2) is 0 Å². The van der Waals surface area contributed by atoms with Crippen molar-refractivity contribution in [3.05, 3.63) is 0 Å². The van der Waals surface area contributed by atoms with Gasteiger partial charge in [-0.05, 0) is 13.3 Å². The second-order valence-corrected chi connectivity index (χ2v) is 5.78. The number of aliphatic hydroxyl groups is 1. The second kappa shape index (κ2) is 21.7. The summed E-state index contributed by atoms with van der Waals surface area (Å²) in [6.07, 6.45) is 17.9. The van der Waals surface area contributed by atoms with E-state index in [4.69, 9.17) is 10.8 Å². The van der Waals surface area contributed by atoms with Crippen molar-refractivity contribution in [3.8, 4) is 0 Å². The van der Waals surface area contributed by atoms with Gasteiger partial charge in [0, 0.05) is 13.0 Å². The summed E-state index contributed by atoms with van der Waals surface area (Å²) in [7, 11) is 0. The van der Waals surface area contributed by atoms with E-state index in [1.807, 2.05) is 0 Å². The van der Waals surface area contributed by atoms with Gasteiger partial charge in [-0.1, -0.05) is 84.0 Å². The van der Waals surface area contributed by atoms with Crippen molar-refractivity contribution in [1.29, 1.82) is 0 Å². The number of nitrogens with two attached hydrogens (primary N) is 1. The molecule has 0 spiro atoms. The van der Waals surface area contributed by atoms with Crippen LogP contribution in [0.1, 0.15) is 104 Å². The zero-order chi connectivity index (χ0) is 16.2. The summed E-state index contributed by atoms with van der Waals surface area (Å²) in [5.74, 6) is -0.155. The van der Waals surface area contributed by atoms with Crippen LogP contribution in [0, 0.1) is 0 Å². The monoisotopic (exact) mass is 301 g/mol. The maximum Gasteiger partial charge on any atom is 0.217 e. The maximum atomic E-state index is 10.5. The minimum absolute atomic E-state index is 0.155. The van der Waals surface area contributed by atoms with Crippen molar-refractivity contribution in [2.24, 2.45) is 5.73 Å². The van der Waals surface area contributed by atoms with Gasteiger partial charge in [-0.2, -0.15) is 0 Å². The van der Waals surface area contributed by atoms with E-state index < -0.39 is 0 Å². The number of primary amides is 1. The SMILES string of the molecule is CCCCCCCCCCCCCCCC(N)=O.CCO. The Morgan fingerprint density at radius 1 is 0.714 bits per heavy atom. The number of rotatable bonds is 14. The Balaban J connectivity index is 0. The number of amides is 1. The highest BCUT2D eigenvalue weighted by Crippen LogP contribution is 2.12. The molecule has 0 saturated heterocycles. The molecule has 1 amide bonds. The van der Waals surface area contributed by atoms with Gasteiger partial charge in [0.15, 0.2) is 0 Å². The van der Waals surface area contributed by atoms with Crippen molar-refractivity contribution < 1.29 is 9.90 Å². The highest BCUT2D eigenvalue weighted by molar-refractivity contribution is 5.73. The Morgan fingerprint density at radius 2 is 1.00 bits per heavy atom. The minimum atomic E-state index is -0.155. The van der Waals surface area contributed by atoms with E-state index in [9.17, 15) is 4.79 Å². The van der Waals surface area contributed by atoms with Crippen LogP contribution in [-0.4, -0.2) is 17.6 Å². The minimum Gasteiger partial charge on any atom is -0.397 e. The van der Waals surface area contributed by atoms with Crippen LogP contribution in [0.5, 0.6) is 0 Å². The molecule has 0 saturated carbocycles. The van der Waals surface area contributed by atoms with Gasteiger partial charge >= 0.3 is 0 Å². The fourth-order valence-electron chi connectivity index (χ4n) is 2.32. The van der Waals surface area contributed by atoms with Gasteiger partial charge in [0.25, 0.3) is 0 Å². The van der Waals surface area contributed by atoms with Crippen molar-refractivity contribution in [2.45, 2.75) is 104 Å². The van der Waals surface area contributed by atoms with Gasteiger partial charge in [0.2, 0.25) is 5.91 Å². The maximum absolute atomic E-state index is 10.5. The van der Waals surface area contributed by atoms with Crippen LogP contribution in [0.2, 0.25) is 0 Å². The summed E-state index contributed by atoms with van der Waals surface area (Å²) < 4.78 is 0. The molecule has 3 nitrogen and oxygen atoms in total. The third-order valence-electron chi connectivity index (χ3n) is 3.53. The van der Waals surface area contributed by atoms with Crippen molar-refractivity contribution >= 4 is 5.91 Å². The molecule has 0 aromatic carbocycles. The fraction of sp³-hybridized carbons (Fsp3) is 0.944. The topological polar surface area (TPSA) is 63.3 Å². The molecule has 21 heavy (non-hydrogen) atoms. The molecule has 0 heterocycles. The summed E-state index contributed by atoms with van der Waals surface area (Å²) in [6.45, 7) is 4.20. The lowest BCUT2D eigenvalue weighted by atomic mass is 10.0. The molecule has 0 bridgehead atoms. The Morgan fingerprint density at radius 3 is 1.29 bits per heavy atom. The van der Waals surface area contributed by atoms with Gasteiger partial charge in [0.1, 0.15) is 0 Å². The van der Waals surface area contributed by atoms with Crippen LogP contribution >= 0.6 is 0 Å². The van der Waals surface area contributed by atoms with Crippen LogP contribution in [0.25, 0.3) is 0 Å². The quantitative estimate of drug-likeness (QED) is 0.446. The average Bonchev–Trinajstić information content (AvgIpc) is 2.44. The van der Waals surface area contributed by atoms with Crippen molar-refractivity contribution in [1.82, 2.24) is 0 Å². The molecule has 0 rings (SSSR count). The van der Waals surface area contributed by atoms with E-state index in [1.165, 1.54) is 77.0 Å². The Hall–Kier alpha value is -0.570. The van der Waals surface area contributed by atoms with E-state index in [2.05, 4.69) is 6.92 Å². The van der Waals surface area contributed by atoms with Crippen LogP contribution in [0.4, 0.5) is 0 Å². The molecular weight excluding hydrogens is 262 g/mol. The molecular formula is C18H39NO2. The number of hydrogen-bond acceptors (Lipinski definition) is 2. The molecule has 0 fully saturated rings. The number of aliphatic hydroxyl groups excluding tert-OH is 1. The lowest BCUT2D eigenvalue weighted by molar-refractivity contribution is -0.118. The highest BCUT2D eigenvalue weighted by Gasteiger charge is 1.95. The van der Waals surface area contributed by atoms with Gasteiger partial charge in [0.05, 0.1) is 0 Å². The number of carbonyl (C=O) groups is 1.